The molecule has 1 heterocycles. The van der Waals surface area contributed by atoms with Gasteiger partial charge in [-0.1, -0.05) is 19.1 Å². The van der Waals surface area contributed by atoms with Crippen LogP contribution >= 0.6 is 0 Å². The highest BCUT2D eigenvalue weighted by molar-refractivity contribution is 5.77. The zero-order valence-corrected chi connectivity index (χ0v) is 12.5. The number of anilines is 1. The molecule has 2 unspecified atom stereocenters. The zero-order chi connectivity index (χ0) is 15.2. The van der Waals surface area contributed by atoms with E-state index in [0.717, 1.165) is 11.3 Å². The van der Waals surface area contributed by atoms with Gasteiger partial charge in [0.25, 0.3) is 0 Å². The van der Waals surface area contributed by atoms with Gasteiger partial charge in [-0.2, -0.15) is 5.10 Å². The molecule has 0 aliphatic heterocycles. The Bertz CT molecular complexity index is 562. The third-order valence-electron chi connectivity index (χ3n) is 3.42. The van der Waals surface area contributed by atoms with Crippen LogP contribution in [0, 0.1) is 0 Å². The maximum atomic E-state index is 12.1. The van der Waals surface area contributed by atoms with E-state index >= 15 is 0 Å². The SMILES string of the molecule is CC(Cn1cccn1)NC(=O)CC(C)c1ccc(N)cc1. The standard InChI is InChI=1S/C16H22N4O/c1-12(14-4-6-15(17)7-5-14)10-16(21)19-13(2)11-20-9-3-8-18-20/h3-9,12-13H,10-11,17H2,1-2H3,(H,19,21). The molecule has 0 aliphatic rings. The molecule has 0 aliphatic carbocycles. The second-order valence-electron chi connectivity index (χ2n) is 5.47. The van der Waals surface area contributed by atoms with Gasteiger partial charge >= 0.3 is 0 Å². The molecule has 2 aromatic rings. The van der Waals surface area contributed by atoms with E-state index in [9.17, 15) is 4.79 Å². The van der Waals surface area contributed by atoms with Gasteiger partial charge in [-0.3, -0.25) is 9.48 Å². The molecule has 3 N–H and O–H groups in total. The Morgan fingerprint density at radius 2 is 2.05 bits per heavy atom. The number of hydrogen-bond donors (Lipinski definition) is 2. The Morgan fingerprint density at radius 1 is 1.33 bits per heavy atom. The van der Waals surface area contributed by atoms with Crippen LogP contribution in [0.25, 0.3) is 0 Å². The number of nitrogens with zero attached hydrogens (tertiary/aromatic N) is 2. The van der Waals surface area contributed by atoms with Crippen LogP contribution in [-0.2, 0) is 11.3 Å². The van der Waals surface area contributed by atoms with Crippen molar-refractivity contribution in [2.45, 2.75) is 38.8 Å². The first-order chi connectivity index (χ1) is 10.0. The maximum Gasteiger partial charge on any atom is 0.220 e. The molecule has 1 aromatic heterocycles. The Labute approximate surface area is 125 Å². The highest BCUT2D eigenvalue weighted by atomic mass is 16.1. The molecule has 1 amide bonds. The van der Waals surface area contributed by atoms with Crippen LogP contribution in [0.2, 0.25) is 0 Å². The van der Waals surface area contributed by atoms with Crippen LogP contribution in [0.4, 0.5) is 5.69 Å². The second-order valence-corrected chi connectivity index (χ2v) is 5.47. The summed E-state index contributed by atoms with van der Waals surface area (Å²) in [5, 5.41) is 7.14. The minimum Gasteiger partial charge on any atom is -0.399 e. The molecule has 2 atom stereocenters. The Morgan fingerprint density at radius 3 is 2.67 bits per heavy atom. The molecule has 2 rings (SSSR count). The number of nitrogen functional groups attached to an aromatic ring is 1. The van der Waals surface area contributed by atoms with Gasteiger partial charge in [-0.25, -0.2) is 0 Å². The van der Waals surface area contributed by atoms with Crippen molar-refractivity contribution >= 4 is 11.6 Å². The molecule has 0 spiro atoms. The summed E-state index contributed by atoms with van der Waals surface area (Å²) in [6, 6.07) is 9.60. The molecule has 0 saturated heterocycles. The third-order valence-corrected chi connectivity index (χ3v) is 3.42. The molecule has 5 heteroatoms. The van der Waals surface area contributed by atoms with Gasteiger partial charge in [-0.05, 0) is 36.6 Å². The second kappa shape index (κ2) is 6.92. The number of benzene rings is 1. The van der Waals surface area contributed by atoms with E-state index < -0.39 is 0 Å². The van der Waals surface area contributed by atoms with Gasteiger partial charge in [0.2, 0.25) is 5.91 Å². The van der Waals surface area contributed by atoms with Gasteiger partial charge in [0.1, 0.15) is 0 Å². The summed E-state index contributed by atoms with van der Waals surface area (Å²) in [5.41, 5.74) is 7.53. The summed E-state index contributed by atoms with van der Waals surface area (Å²) in [7, 11) is 0. The lowest BCUT2D eigenvalue weighted by Gasteiger charge is -2.16. The Kier molecular flexibility index (Phi) is 4.98. The average molecular weight is 286 g/mol. The molecule has 0 bridgehead atoms. The van der Waals surface area contributed by atoms with Gasteiger partial charge in [0.05, 0.1) is 6.54 Å². The van der Waals surface area contributed by atoms with E-state index in [1.54, 1.807) is 6.20 Å². The average Bonchev–Trinajstić information content (AvgIpc) is 2.91. The topological polar surface area (TPSA) is 72.9 Å². The van der Waals surface area contributed by atoms with Crippen LogP contribution in [0.5, 0.6) is 0 Å². The summed E-state index contributed by atoms with van der Waals surface area (Å²) >= 11 is 0. The molecule has 0 fully saturated rings. The van der Waals surface area contributed by atoms with E-state index in [1.165, 1.54) is 0 Å². The van der Waals surface area contributed by atoms with Crippen molar-refractivity contribution in [3.05, 3.63) is 48.3 Å². The summed E-state index contributed by atoms with van der Waals surface area (Å²) in [6.45, 7) is 4.70. The van der Waals surface area contributed by atoms with Gasteiger partial charge in [0, 0.05) is 30.5 Å². The van der Waals surface area contributed by atoms with E-state index in [0.29, 0.717) is 13.0 Å². The van der Waals surface area contributed by atoms with Gasteiger partial charge in [0.15, 0.2) is 0 Å². The van der Waals surface area contributed by atoms with Crippen molar-refractivity contribution in [3.63, 3.8) is 0 Å². The fourth-order valence-electron chi connectivity index (χ4n) is 2.29. The highest BCUT2D eigenvalue weighted by Gasteiger charge is 2.13. The summed E-state index contributed by atoms with van der Waals surface area (Å²) in [6.07, 6.45) is 4.09. The summed E-state index contributed by atoms with van der Waals surface area (Å²) < 4.78 is 1.81. The van der Waals surface area contributed by atoms with Crippen molar-refractivity contribution < 1.29 is 4.79 Å². The smallest absolute Gasteiger partial charge is 0.220 e. The van der Waals surface area contributed by atoms with Crippen LogP contribution in [0.3, 0.4) is 0 Å². The Hall–Kier alpha value is -2.30. The largest absolute Gasteiger partial charge is 0.399 e. The predicted molar refractivity (Wildman–Crippen MR) is 83.7 cm³/mol. The monoisotopic (exact) mass is 286 g/mol. The normalized spacial score (nSPS) is 13.6. The number of nitrogens with two attached hydrogens (primary N) is 1. The summed E-state index contributed by atoms with van der Waals surface area (Å²) in [4.78, 5) is 12.1. The first-order valence-electron chi connectivity index (χ1n) is 7.17. The van der Waals surface area contributed by atoms with Gasteiger partial charge < -0.3 is 11.1 Å². The molecular weight excluding hydrogens is 264 g/mol. The third kappa shape index (κ3) is 4.63. The maximum absolute atomic E-state index is 12.1. The molecule has 5 nitrogen and oxygen atoms in total. The number of rotatable bonds is 6. The summed E-state index contributed by atoms with van der Waals surface area (Å²) in [5.74, 6) is 0.224. The number of carbonyl (C=O) groups excluding carboxylic acids is 1. The lowest BCUT2D eigenvalue weighted by molar-refractivity contribution is -0.122. The molecule has 1 aromatic carbocycles. The van der Waals surface area contributed by atoms with Crippen molar-refractivity contribution in [1.82, 2.24) is 15.1 Å². The number of nitrogens with one attached hydrogen (secondary N) is 1. The van der Waals surface area contributed by atoms with Crippen LogP contribution < -0.4 is 11.1 Å². The number of amides is 1. The molecule has 0 radical (unpaired) electrons. The van der Waals surface area contributed by atoms with Crippen molar-refractivity contribution in [2.75, 3.05) is 5.73 Å². The molecule has 21 heavy (non-hydrogen) atoms. The first-order valence-corrected chi connectivity index (χ1v) is 7.17. The fraction of sp³-hybridized carbons (Fsp3) is 0.375. The molecule has 0 saturated carbocycles. The number of hydrogen-bond acceptors (Lipinski definition) is 3. The van der Waals surface area contributed by atoms with Crippen molar-refractivity contribution in [1.29, 1.82) is 0 Å². The minimum absolute atomic E-state index is 0.0519. The zero-order valence-electron chi connectivity index (χ0n) is 12.5. The lowest BCUT2D eigenvalue weighted by Crippen LogP contribution is -2.36. The van der Waals surface area contributed by atoms with Crippen LogP contribution in [0.15, 0.2) is 42.7 Å². The fourth-order valence-corrected chi connectivity index (χ4v) is 2.29. The van der Waals surface area contributed by atoms with E-state index in [-0.39, 0.29) is 17.9 Å². The van der Waals surface area contributed by atoms with E-state index in [2.05, 4.69) is 10.4 Å². The number of carbonyl (C=O) groups is 1. The number of aromatic nitrogens is 2. The van der Waals surface area contributed by atoms with Crippen molar-refractivity contribution in [2.24, 2.45) is 0 Å². The lowest BCUT2D eigenvalue weighted by atomic mass is 9.97. The Balaban J connectivity index is 1.82. The quantitative estimate of drug-likeness (QED) is 0.799. The van der Waals surface area contributed by atoms with Crippen LogP contribution in [-0.4, -0.2) is 21.7 Å². The predicted octanol–water partition coefficient (Wildman–Crippen LogP) is 2.16. The van der Waals surface area contributed by atoms with Crippen molar-refractivity contribution in [3.8, 4) is 0 Å². The van der Waals surface area contributed by atoms with Gasteiger partial charge in [-0.15, -0.1) is 0 Å². The van der Waals surface area contributed by atoms with Crippen LogP contribution in [0.1, 0.15) is 31.7 Å². The highest BCUT2D eigenvalue weighted by Crippen LogP contribution is 2.20. The molecule has 112 valence electrons. The van der Waals surface area contributed by atoms with E-state index in [1.807, 2.05) is 55.1 Å². The minimum atomic E-state index is 0.0519. The van der Waals surface area contributed by atoms with E-state index in [4.69, 9.17) is 5.73 Å². The first kappa shape index (κ1) is 15.1. The molecular formula is C16H22N4O.